The molecule has 0 aliphatic rings. The average molecular weight is 304 g/mol. The molecule has 1 atom stereocenters. The van der Waals surface area contributed by atoms with Crippen molar-refractivity contribution in [1.82, 2.24) is 10.2 Å². The summed E-state index contributed by atoms with van der Waals surface area (Å²) in [7, 11) is 3.82. The lowest BCUT2D eigenvalue weighted by Gasteiger charge is -2.18. The Kier molecular flexibility index (Phi) is 8.36. The number of likely N-dealkylation sites (N-methyl/N-ethyl adjacent to an activating group) is 1. The Balaban J connectivity index is 0.00000361. The zero-order chi connectivity index (χ0) is 14.4. The van der Waals surface area contributed by atoms with Gasteiger partial charge in [-0.1, -0.05) is 19.1 Å². The van der Waals surface area contributed by atoms with Crippen molar-refractivity contribution in [3.05, 3.63) is 34.5 Å². The molecule has 1 amide bonds. The zero-order valence-electron chi connectivity index (χ0n) is 12.0. The maximum Gasteiger partial charge on any atom is 0.257 e. The van der Waals surface area contributed by atoms with Gasteiger partial charge in [-0.3, -0.25) is 4.79 Å². The zero-order valence-corrected chi connectivity index (χ0v) is 12.8. The van der Waals surface area contributed by atoms with Gasteiger partial charge in [0.15, 0.2) is 5.69 Å². The van der Waals surface area contributed by atoms with E-state index in [1.54, 1.807) is 18.2 Å². The van der Waals surface area contributed by atoms with Crippen molar-refractivity contribution in [2.45, 2.75) is 13.3 Å². The molecule has 0 bridgehead atoms. The van der Waals surface area contributed by atoms with Gasteiger partial charge < -0.3 is 15.4 Å². The Labute approximate surface area is 125 Å². The molecule has 114 valence electrons. The number of rotatable bonds is 6. The van der Waals surface area contributed by atoms with Crippen LogP contribution in [0.15, 0.2) is 18.2 Å². The van der Waals surface area contributed by atoms with E-state index < -0.39 is 5.23 Å². The van der Waals surface area contributed by atoms with Crippen LogP contribution in [-0.2, 0) is 6.42 Å². The maximum absolute atomic E-state index is 12.0. The quantitative estimate of drug-likeness (QED) is 0.663. The molecular weight excluding hydrogens is 282 g/mol. The molecule has 1 aromatic rings. The van der Waals surface area contributed by atoms with Gasteiger partial charge in [-0.2, -0.15) is 5.23 Å². The van der Waals surface area contributed by atoms with Gasteiger partial charge in [-0.15, -0.1) is 12.4 Å². The number of quaternary nitrogens is 1. The van der Waals surface area contributed by atoms with Crippen molar-refractivity contribution in [3.63, 3.8) is 0 Å². The van der Waals surface area contributed by atoms with Gasteiger partial charge in [0.25, 0.3) is 5.91 Å². The summed E-state index contributed by atoms with van der Waals surface area (Å²) in [6.45, 7) is 3.07. The number of carbonyl (C=O) groups is 1. The van der Waals surface area contributed by atoms with Crippen LogP contribution in [0.2, 0.25) is 0 Å². The summed E-state index contributed by atoms with van der Waals surface area (Å²) < 4.78 is 0. The highest BCUT2D eigenvalue weighted by molar-refractivity contribution is 5.98. The van der Waals surface area contributed by atoms with Crippen molar-refractivity contribution >= 4 is 24.0 Å². The fourth-order valence-corrected chi connectivity index (χ4v) is 1.82. The fraction of sp³-hybridized carbons (Fsp3) is 0.462. The number of aryl methyl sites for hydroxylation is 1. The molecule has 0 fully saturated rings. The summed E-state index contributed by atoms with van der Waals surface area (Å²) in [5.41, 5.74) is 1.01. The van der Waals surface area contributed by atoms with Crippen molar-refractivity contribution in [1.29, 1.82) is 0 Å². The largest absolute Gasteiger partial charge is 0.595 e. The van der Waals surface area contributed by atoms with Gasteiger partial charge in [-0.25, -0.2) is 5.21 Å². The highest BCUT2D eigenvalue weighted by atomic mass is 35.5. The van der Waals surface area contributed by atoms with E-state index in [-0.39, 0.29) is 29.6 Å². The minimum atomic E-state index is -1.06. The summed E-state index contributed by atoms with van der Waals surface area (Å²) in [5, 5.41) is 22.2. The number of nitrogens with one attached hydrogen (secondary N) is 2. The second-order valence-electron chi connectivity index (χ2n) is 4.56. The Bertz CT molecular complexity index is 439. The van der Waals surface area contributed by atoms with E-state index in [1.807, 2.05) is 25.9 Å². The third-order valence-corrected chi connectivity index (χ3v) is 2.83. The third-order valence-electron chi connectivity index (χ3n) is 2.83. The van der Waals surface area contributed by atoms with Gasteiger partial charge in [0.1, 0.15) is 5.56 Å². The van der Waals surface area contributed by atoms with Crippen LogP contribution < -0.4 is 10.5 Å². The molecule has 1 aromatic carbocycles. The molecule has 1 rings (SSSR count). The molecular formula is C13H22ClN3O3. The second-order valence-corrected chi connectivity index (χ2v) is 4.56. The lowest BCUT2D eigenvalue weighted by molar-refractivity contribution is -0.991. The molecule has 20 heavy (non-hydrogen) atoms. The Morgan fingerprint density at radius 2 is 2.10 bits per heavy atom. The maximum atomic E-state index is 12.0. The Hall–Kier alpha value is -1.18. The Morgan fingerprint density at radius 1 is 1.45 bits per heavy atom. The van der Waals surface area contributed by atoms with Crippen molar-refractivity contribution in [2.75, 3.05) is 27.2 Å². The van der Waals surface area contributed by atoms with Crippen LogP contribution in [0.3, 0.4) is 0 Å². The van der Waals surface area contributed by atoms with Crippen LogP contribution in [0.25, 0.3) is 0 Å². The number of nitrogens with zero attached hydrogens (tertiary/aromatic N) is 1. The van der Waals surface area contributed by atoms with Gasteiger partial charge in [0, 0.05) is 18.7 Å². The topological polar surface area (TPSA) is 80.1 Å². The van der Waals surface area contributed by atoms with E-state index in [0.29, 0.717) is 25.1 Å². The average Bonchev–Trinajstić information content (AvgIpc) is 2.36. The first kappa shape index (κ1) is 18.8. The number of benzene rings is 1. The molecule has 3 N–H and O–H groups in total. The summed E-state index contributed by atoms with van der Waals surface area (Å²) in [5.74, 6) is -0.338. The van der Waals surface area contributed by atoms with E-state index in [1.165, 1.54) is 0 Å². The van der Waals surface area contributed by atoms with Gasteiger partial charge in [-0.05, 0) is 26.6 Å². The molecule has 0 aromatic heterocycles. The summed E-state index contributed by atoms with van der Waals surface area (Å²) in [6, 6.07) is 5.00. The molecule has 0 aliphatic carbocycles. The first-order valence-electron chi connectivity index (χ1n) is 6.25. The summed E-state index contributed by atoms with van der Waals surface area (Å²) in [6.07, 6.45) is 0.584. The van der Waals surface area contributed by atoms with Crippen molar-refractivity contribution < 1.29 is 15.2 Å². The molecule has 0 radical (unpaired) electrons. The predicted octanol–water partition coefficient (Wildman–Crippen LogP) is 0.366. The number of amides is 1. The minimum absolute atomic E-state index is 0. The molecule has 0 saturated carbocycles. The standard InChI is InChI=1S/C13H21N3O3.ClH/c1-4-10-6-5-7-11(12(10)16(18)19)13(17)14-8-9-15(2)3;/h5-7,16,18H,4,8-9H2,1-3H3,(H,14,17);1H. The molecule has 7 heteroatoms. The monoisotopic (exact) mass is 303 g/mol. The smallest absolute Gasteiger partial charge is 0.257 e. The van der Waals surface area contributed by atoms with Crippen LogP contribution >= 0.6 is 12.4 Å². The second kappa shape index (κ2) is 8.89. The van der Waals surface area contributed by atoms with E-state index in [4.69, 9.17) is 0 Å². The number of hydrogen-bond donors (Lipinski definition) is 3. The molecule has 6 nitrogen and oxygen atoms in total. The lowest BCUT2D eigenvalue weighted by atomic mass is 10.0. The third kappa shape index (κ3) is 5.07. The number of carbonyl (C=O) groups excluding carboxylic acids is 1. The number of halogens is 1. The SMILES string of the molecule is CCc1cccc(C(=O)NCCN(C)C)c1[NH+]([O-])O.Cl. The fourth-order valence-electron chi connectivity index (χ4n) is 1.82. The first-order valence-corrected chi connectivity index (χ1v) is 6.25. The van der Waals surface area contributed by atoms with Gasteiger partial charge >= 0.3 is 0 Å². The van der Waals surface area contributed by atoms with Crippen LogP contribution in [0.1, 0.15) is 22.8 Å². The molecule has 0 heterocycles. The van der Waals surface area contributed by atoms with Gasteiger partial charge in [0.05, 0.1) is 0 Å². The number of para-hydroxylation sites is 1. The lowest BCUT2D eigenvalue weighted by Crippen LogP contribution is -2.99. The highest BCUT2D eigenvalue weighted by Crippen LogP contribution is 2.17. The summed E-state index contributed by atoms with van der Waals surface area (Å²) >= 11 is 0. The normalized spacial score (nSPS) is 11.9. The highest BCUT2D eigenvalue weighted by Gasteiger charge is 2.19. The molecule has 0 spiro atoms. The summed E-state index contributed by atoms with van der Waals surface area (Å²) in [4.78, 5) is 14.0. The molecule has 1 unspecified atom stereocenters. The minimum Gasteiger partial charge on any atom is -0.595 e. The molecule has 0 aliphatic heterocycles. The molecule has 0 saturated heterocycles. The predicted molar refractivity (Wildman–Crippen MR) is 79.7 cm³/mol. The first-order chi connectivity index (χ1) is 8.97. The van der Waals surface area contributed by atoms with E-state index in [2.05, 4.69) is 5.32 Å². The van der Waals surface area contributed by atoms with Crippen LogP contribution in [0.5, 0.6) is 0 Å². The van der Waals surface area contributed by atoms with Gasteiger partial charge in [0.2, 0.25) is 0 Å². The number of hydrogen-bond acceptors (Lipinski definition) is 4. The van der Waals surface area contributed by atoms with E-state index in [9.17, 15) is 15.2 Å². The van der Waals surface area contributed by atoms with E-state index >= 15 is 0 Å². The Morgan fingerprint density at radius 3 is 2.60 bits per heavy atom. The van der Waals surface area contributed by atoms with E-state index in [0.717, 1.165) is 0 Å². The van der Waals surface area contributed by atoms with Crippen LogP contribution in [0.4, 0.5) is 5.69 Å². The van der Waals surface area contributed by atoms with Crippen LogP contribution in [-0.4, -0.2) is 43.2 Å². The van der Waals surface area contributed by atoms with Crippen molar-refractivity contribution in [3.8, 4) is 0 Å². The van der Waals surface area contributed by atoms with Crippen LogP contribution in [0, 0.1) is 5.21 Å². The van der Waals surface area contributed by atoms with Crippen molar-refractivity contribution in [2.24, 2.45) is 0 Å².